The average Bonchev–Trinajstić information content (AvgIpc) is 3.45. The molecular formula is C24H20F3N5O3. The molecule has 2 heterocycles. The van der Waals surface area contributed by atoms with E-state index in [9.17, 15) is 23.1 Å². The van der Waals surface area contributed by atoms with Crippen LogP contribution in [0.3, 0.4) is 0 Å². The molecule has 0 radical (unpaired) electrons. The molecule has 2 aromatic carbocycles. The Morgan fingerprint density at radius 2 is 1.97 bits per heavy atom. The second kappa shape index (κ2) is 9.63. The molecule has 1 unspecified atom stereocenters. The number of nitrogens with zero attached hydrogens (tertiary/aromatic N) is 3. The summed E-state index contributed by atoms with van der Waals surface area (Å²) < 4.78 is 46.0. The molecule has 11 heteroatoms. The van der Waals surface area contributed by atoms with E-state index in [2.05, 4.69) is 10.2 Å². The zero-order valence-electron chi connectivity index (χ0n) is 18.4. The molecular weight excluding hydrogens is 463 g/mol. The van der Waals surface area contributed by atoms with Crippen LogP contribution in [0.1, 0.15) is 46.6 Å². The smallest absolute Gasteiger partial charge is 0.255 e. The molecule has 0 saturated carbocycles. The molecule has 35 heavy (non-hydrogen) atoms. The van der Waals surface area contributed by atoms with E-state index < -0.39 is 35.9 Å². The lowest BCUT2D eigenvalue weighted by molar-refractivity contribution is 0.0538. The van der Waals surface area contributed by atoms with Crippen LogP contribution in [0.25, 0.3) is 11.5 Å². The highest BCUT2D eigenvalue weighted by molar-refractivity contribution is 6.06. The summed E-state index contributed by atoms with van der Waals surface area (Å²) in [5, 5.41) is 34.1. The Balaban J connectivity index is 1.69. The third-order valence-electron chi connectivity index (χ3n) is 5.58. The summed E-state index contributed by atoms with van der Waals surface area (Å²) in [6.07, 6.45) is 0.398. The van der Waals surface area contributed by atoms with Gasteiger partial charge in [0.15, 0.2) is 17.8 Å². The number of fused-ring (bicyclic) bond motifs is 1. The van der Waals surface area contributed by atoms with Crippen molar-refractivity contribution < 1.29 is 27.5 Å². The minimum atomic E-state index is -1.56. The van der Waals surface area contributed by atoms with Crippen molar-refractivity contribution in [2.24, 2.45) is 0 Å². The number of carbonyl (C=O) groups is 1. The second-order valence-electron chi connectivity index (χ2n) is 7.91. The Morgan fingerprint density at radius 3 is 2.63 bits per heavy atom. The molecule has 4 rings (SSSR count). The summed E-state index contributed by atoms with van der Waals surface area (Å²) in [6, 6.07) is 6.34. The van der Waals surface area contributed by atoms with Gasteiger partial charge in [-0.1, -0.05) is 12.1 Å². The Hall–Kier alpha value is -4.12. The monoisotopic (exact) mass is 483 g/mol. The molecule has 180 valence electrons. The Bertz CT molecular complexity index is 1340. The zero-order chi connectivity index (χ0) is 25.3. The van der Waals surface area contributed by atoms with Gasteiger partial charge in [-0.3, -0.25) is 4.79 Å². The van der Waals surface area contributed by atoms with E-state index in [0.29, 0.717) is 11.1 Å². The Morgan fingerprint density at radius 1 is 1.20 bits per heavy atom. The SMILES string of the molecule is CC(F)c1nnc(-c2ccc3c(c2)C(=O)N([C@H](C(=N)/C=C\C=N)[C@@H](O)c2ccc(F)c(F)c2)C3)o1. The van der Waals surface area contributed by atoms with Crippen LogP contribution in [0.5, 0.6) is 0 Å². The van der Waals surface area contributed by atoms with Crippen molar-refractivity contribution in [1.82, 2.24) is 15.1 Å². The number of halogens is 3. The summed E-state index contributed by atoms with van der Waals surface area (Å²) in [6.45, 7) is 1.28. The quantitative estimate of drug-likeness (QED) is 0.411. The molecule has 1 aromatic heterocycles. The number of hydrogen-bond acceptors (Lipinski definition) is 7. The molecule has 8 nitrogen and oxygen atoms in total. The maximum atomic E-state index is 13.8. The number of alkyl halides is 1. The predicted molar refractivity (Wildman–Crippen MR) is 120 cm³/mol. The maximum absolute atomic E-state index is 13.8. The highest BCUT2D eigenvalue weighted by Crippen LogP contribution is 2.34. The van der Waals surface area contributed by atoms with E-state index in [-0.39, 0.29) is 35.2 Å². The fourth-order valence-corrected chi connectivity index (χ4v) is 3.83. The number of hydrogen-bond donors (Lipinski definition) is 3. The molecule has 3 aromatic rings. The number of aromatic nitrogens is 2. The van der Waals surface area contributed by atoms with Gasteiger partial charge in [-0.05, 0) is 54.5 Å². The van der Waals surface area contributed by atoms with Gasteiger partial charge in [-0.2, -0.15) is 0 Å². The van der Waals surface area contributed by atoms with Crippen molar-refractivity contribution in [2.45, 2.75) is 31.8 Å². The molecule has 1 aliphatic heterocycles. The summed E-state index contributed by atoms with van der Waals surface area (Å²) in [5.41, 5.74) is 0.982. The number of nitrogens with one attached hydrogen (secondary N) is 2. The van der Waals surface area contributed by atoms with E-state index >= 15 is 0 Å². The third-order valence-corrected chi connectivity index (χ3v) is 5.58. The van der Waals surface area contributed by atoms with Gasteiger partial charge >= 0.3 is 0 Å². The molecule has 0 bridgehead atoms. The van der Waals surface area contributed by atoms with Crippen LogP contribution in [0.2, 0.25) is 0 Å². The fraction of sp³-hybridized carbons (Fsp3) is 0.208. The highest BCUT2D eigenvalue weighted by Gasteiger charge is 2.39. The highest BCUT2D eigenvalue weighted by atomic mass is 19.2. The number of rotatable bonds is 8. The first kappa shape index (κ1) is 24.0. The predicted octanol–water partition coefficient (Wildman–Crippen LogP) is 4.33. The lowest BCUT2D eigenvalue weighted by Gasteiger charge is -2.31. The molecule has 0 fully saturated rings. The van der Waals surface area contributed by atoms with E-state index in [1.807, 2.05) is 0 Å². The number of aliphatic hydroxyl groups is 1. The van der Waals surface area contributed by atoms with Gasteiger partial charge in [0.2, 0.25) is 5.89 Å². The van der Waals surface area contributed by atoms with Crippen molar-refractivity contribution in [3.05, 3.63) is 82.8 Å². The third kappa shape index (κ3) is 4.62. The van der Waals surface area contributed by atoms with Crippen molar-refractivity contribution in [2.75, 3.05) is 0 Å². The number of carbonyl (C=O) groups excluding carboxylic acids is 1. The van der Waals surface area contributed by atoms with Gasteiger partial charge in [-0.25, -0.2) is 13.2 Å². The molecule has 0 aliphatic carbocycles. The van der Waals surface area contributed by atoms with Crippen molar-refractivity contribution >= 4 is 17.8 Å². The van der Waals surface area contributed by atoms with Crippen molar-refractivity contribution in [3.8, 4) is 11.5 Å². The molecule has 3 atom stereocenters. The maximum Gasteiger partial charge on any atom is 0.255 e. The van der Waals surface area contributed by atoms with Crippen LogP contribution in [0.4, 0.5) is 13.2 Å². The first-order valence-corrected chi connectivity index (χ1v) is 10.5. The van der Waals surface area contributed by atoms with Gasteiger partial charge in [0.25, 0.3) is 11.8 Å². The lowest BCUT2D eigenvalue weighted by Crippen LogP contribution is -2.44. The number of amides is 1. The minimum Gasteiger partial charge on any atom is -0.418 e. The lowest BCUT2D eigenvalue weighted by atomic mass is 9.96. The molecule has 1 amide bonds. The van der Waals surface area contributed by atoms with E-state index in [4.69, 9.17) is 15.2 Å². The summed E-state index contributed by atoms with van der Waals surface area (Å²) in [7, 11) is 0. The summed E-state index contributed by atoms with van der Waals surface area (Å²) in [4.78, 5) is 14.6. The fourth-order valence-electron chi connectivity index (χ4n) is 3.83. The largest absolute Gasteiger partial charge is 0.418 e. The molecule has 1 aliphatic rings. The van der Waals surface area contributed by atoms with Gasteiger partial charge in [-0.15, -0.1) is 10.2 Å². The molecule has 3 N–H and O–H groups in total. The first-order valence-electron chi connectivity index (χ1n) is 10.5. The molecule has 0 spiro atoms. The zero-order valence-corrected chi connectivity index (χ0v) is 18.4. The normalized spacial score (nSPS) is 15.8. The van der Waals surface area contributed by atoms with Crippen LogP contribution in [-0.2, 0) is 6.54 Å². The standard InChI is InChI=1S/C24H20F3N5O3/c1-12(25)22-30-31-23(35-22)14-4-5-15-11-32(24(34)16(15)9-14)20(19(29)3-2-8-28)21(33)13-6-7-17(26)18(27)10-13/h2-10,12,20-21,28-29,33H,11H2,1H3/b3-2-,28-8?,29-19?/t12?,20-,21+/m1/s1. The van der Waals surface area contributed by atoms with Crippen molar-refractivity contribution in [3.63, 3.8) is 0 Å². The first-order chi connectivity index (χ1) is 16.7. The molecule has 0 saturated heterocycles. The number of aliphatic hydroxyl groups excluding tert-OH is 1. The minimum absolute atomic E-state index is 0.0231. The van der Waals surface area contributed by atoms with Crippen LogP contribution in [0.15, 0.2) is 53.0 Å². The second-order valence-corrected chi connectivity index (χ2v) is 7.91. The number of benzene rings is 2. The van der Waals surface area contributed by atoms with Gasteiger partial charge < -0.3 is 25.2 Å². The summed E-state index contributed by atoms with van der Waals surface area (Å²) in [5.74, 6) is -2.97. The Labute approximate surface area is 197 Å². The van der Waals surface area contributed by atoms with Crippen molar-refractivity contribution in [1.29, 1.82) is 10.8 Å². The number of allylic oxidation sites excluding steroid dienone is 1. The van der Waals surface area contributed by atoms with Gasteiger partial charge in [0.05, 0.1) is 5.71 Å². The topological polar surface area (TPSA) is 127 Å². The van der Waals surface area contributed by atoms with Gasteiger partial charge in [0.1, 0.15) is 12.1 Å². The van der Waals surface area contributed by atoms with E-state index in [1.165, 1.54) is 36.1 Å². The summed E-state index contributed by atoms with van der Waals surface area (Å²) >= 11 is 0. The van der Waals surface area contributed by atoms with Crippen LogP contribution in [-0.4, -0.2) is 44.1 Å². The average molecular weight is 483 g/mol. The van der Waals surface area contributed by atoms with Crippen LogP contribution < -0.4 is 0 Å². The van der Waals surface area contributed by atoms with Crippen LogP contribution in [0, 0.1) is 22.5 Å². The van der Waals surface area contributed by atoms with E-state index in [1.54, 1.807) is 12.1 Å². The van der Waals surface area contributed by atoms with Gasteiger partial charge in [0, 0.05) is 23.9 Å². The van der Waals surface area contributed by atoms with E-state index in [0.717, 1.165) is 18.3 Å². The Kier molecular flexibility index (Phi) is 6.61. The van der Waals surface area contributed by atoms with Crippen LogP contribution >= 0.6 is 0 Å².